The lowest BCUT2D eigenvalue weighted by molar-refractivity contribution is -0.0959. The monoisotopic (exact) mass is 300 g/mol. The fraction of sp³-hybridized carbons (Fsp3) is 0.444. The molecule has 3 rings (SSSR count). The molecule has 0 amide bonds. The van der Waals surface area contributed by atoms with Crippen LogP contribution in [-0.2, 0) is 13.8 Å². The van der Waals surface area contributed by atoms with Gasteiger partial charge in [0.15, 0.2) is 11.2 Å². The van der Waals surface area contributed by atoms with Gasteiger partial charge in [0, 0.05) is 11.0 Å². The average Bonchev–Trinajstić information content (AvgIpc) is 2.94. The topological polar surface area (TPSA) is 145 Å². The summed E-state index contributed by atoms with van der Waals surface area (Å²) in [6.07, 6.45) is 1.15. The first-order chi connectivity index (χ1) is 9.54. The molecule has 3 unspecified atom stereocenters. The van der Waals surface area contributed by atoms with Crippen LogP contribution in [0.3, 0.4) is 0 Å². The fourth-order valence-corrected chi connectivity index (χ4v) is 2.48. The Hall–Kier alpha value is -1.87. The highest BCUT2D eigenvalue weighted by Gasteiger charge is 2.34. The van der Waals surface area contributed by atoms with Crippen LogP contribution >= 0.6 is 8.25 Å². The summed E-state index contributed by atoms with van der Waals surface area (Å²) in [6, 6.07) is 0. The van der Waals surface area contributed by atoms with E-state index < -0.39 is 26.3 Å². The van der Waals surface area contributed by atoms with Crippen LogP contribution in [0.15, 0.2) is 11.1 Å². The number of aromatic amines is 1. The lowest BCUT2D eigenvalue weighted by atomic mass is 10.3. The second kappa shape index (κ2) is 4.91. The van der Waals surface area contributed by atoms with E-state index in [1.54, 1.807) is 4.57 Å². The van der Waals surface area contributed by atoms with Gasteiger partial charge in [-0.25, -0.2) is 4.98 Å². The molecule has 10 nitrogen and oxygen atoms in total. The number of nitrogens with two attached hydrogens (primary N) is 1. The minimum absolute atomic E-state index is 0.0199. The second-order valence-electron chi connectivity index (χ2n) is 4.22. The first kappa shape index (κ1) is 13.1. The molecule has 1 aliphatic rings. The number of H-pyrrole nitrogens is 1. The zero-order valence-corrected chi connectivity index (χ0v) is 11.0. The number of nitrogen functional groups attached to an aromatic ring is 1. The molecule has 0 aliphatic carbocycles. The Labute approximate surface area is 112 Å². The molecule has 2 aromatic heterocycles. The largest absolute Gasteiger partial charge is 0.697 e. The highest BCUT2D eigenvalue weighted by atomic mass is 31.1. The highest BCUT2D eigenvalue weighted by molar-refractivity contribution is 7.32. The van der Waals surface area contributed by atoms with Crippen molar-refractivity contribution in [2.24, 2.45) is 0 Å². The van der Waals surface area contributed by atoms with Gasteiger partial charge in [0.05, 0.1) is 6.33 Å². The normalized spacial score (nSPS) is 23.4. The van der Waals surface area contributed by atoms with Crippen molar-refractivity contribution in [1.82, 2.24) is 19.5 Å². The first-order valence-electron chi connectivity index (χ1n) is 5.75. The molecule has 1 saturated heterocycles. The molecule has 0 radical (unpaired) electrons. The van der Waals surface area contributed by atoms with Crippen molar-refractivity contribution in [3.8, 4) is 0 Å². The summed E-state index contributed by atoms with van der Waals surface area (Å²) in [4.78, 5) is 30.7. The van der Waals surface area contributed by atoms with Gasteiger partial charge >= 0.3 is 8.25 Å². The Morgan fingerprint density at radius 3 is 3.15 bits per heavy atom. The van der Waals surface area contributed by atoms with E-state index in [2.05, 4.69) is 15.0 Å². The van der Waals surface area contributed by atoms with Gasteiger partial charge in [-0.05, 0) is 6.42 Å². The molecule has 4 N–H and O–H groups in total. The minimum Gasteiger partial charge on any atom is -0.369 e. The van der Waals surface area contributed by atoms with Crippen molar-refractivity contribution < 1.29 is 18.7 Å². The zero-order valence-electron chi connectivity index (χ0n) is 10.1. The third-order valence-electron chi connectivity index (χ3n) is 2.93. The maximum Gasteiger partial charge on any atom is 0.697 e. The SMILES string of the molecule is Nc1nc2c(ncn2C2CCC(O[P+](=O)O)O2)c(=O)[nH]1. The zero-order chi connectivity index (χ0) is 14.3. The van der Waals surface area contributed by atoms with Crippen LogP contribution in [-0.4, -0.2) is 30.7 Å². The van der Waals surface area contributed by atoms with E-state index in [0.29, 0.717) is 18.5 Å². The van der Waals surface area contributed by atoms with Gasteiger partial charge in [-0.3, -0.25) is 14.3 Å². The lowest BCUT2D eigenvalue weighted by Gasteiger charge is -2.12. The van der Waals surface area contributed by atoms with Gasteiger partial charge < -0.3 is 10.5 Å². The summed E-state index contributed by atoms with van der Waals surface area (Å²) >= 11 is 0. The maximum absolute atomic E-state index is 11.6. The highest BCUT2D eigenvalue weighted by Crippen LogP contribution is 2.34. The van der Waals surface area contributed by atoms with E-state index in [0.717, 1.165) is 0 Å². The molecule has 1 aliphatic heterocycles. The molecule has 11 heteroatoms. The smallest absolute Gasteiger partial charge is 0.369 e. The molecule has 1 fully saturated rings. The number of nitrogens with one attached hydrogen (secondary N) is 1. The predicted octanol–water partition coefficient (Wildman–Crippen LogP) is 0.00320. The van der Waals surface area contributed by atoms with E-state index in [9.17, 15) is 9.36 Å². The standard InChI is InChI=1S/C9H10N5O5P/c10-9-12-7-6(8(15)13-9)11-3-14(7)4-1-2-5(18-4)19-20(16)17/h3-5H,1-2H2,(H3-,10,12,13,15,16,17)/p+1. The Bertz CT molecular complexity index is 727. The van der Waals surface area contributed by atoms with Crippen LogP contribution in [0, 0.1) is 0 Å². The van der Waals surface area contributed by atoms with E-state index in [1.807, 2.05) is 0 Å². The molecule has 0 saturated carbocycles. The number of ether oxygens (including phenoxy) is 1. The molecule has 106 valence electrons. The average molecular weight is 300 g/mol. The number of imidazole rings is 1. The second-order valence-corrected chi connectivity index (χ2v) is 4.90. The molecule has 0 spiro atoms. The predicted molar refractivity (Wildman–Crippen MR) is 66.6 cm³/mol. The van der Waals surface area contributed by atoms with Crippen LogP contribution in [0.25, 0.3) is 11.2 Å². The Balaban J connectivity index is 1.92. The summed E-state index contributed by atoms with van der Waals surface area (Å²) < 4.78 is 22.3. The lowest BCUT2D eigenvalue weighted by Crippen LogP contribution is -2.15. The molecular weight excluding hydrogens is 289 g/mol. The Morgan fingerprint density at radius 2 is 2.40 bits per heavy atom. The number of aromatic nitrogens is 4. The summed E-state index contributed by atoms with van der Waals surface area (Å²) in [5.41, 5.74) is 5.51. The maximum atomic E-state index is 11.6. The van der Waals surface area contributed by atoms with Crippen molar-refractivity contribution in [3.05, 3.63) is 16.7 Å². The number of anilines is 1. The molecule has 2 aromatic rings. The number of hydrogen-bond donors (Lipinski definition) is 3. The van der Waals surface area contributed by atoms with Gasteiger partial charge in [0.25, 0.3) is 5.56 Å². The fourth-order valence-electron chi connectivity index (χ4n) is 2.13. The van der Waals surface area contributed by atoms with Crippen molar-refractivity contribution in [2.75, 3.05) is 5.73 Å². The van der Waals surface area contributed by atoms with Gasteiger partial charge in [0.1, 0.15) is 6.23 Å². The Kier molecular flexibility index (Phi) is 3.22. The molecule has 20 heavy (non-hydrogen) atoms. The third-order valence-corrected chi connectivity index (χ3v) is 3.34. The van der Waals surface area contributed by atoms with E-state index >= 15 is 0 Å². The van der Waals surface area contributed by atoms with Gasteiger partial charge in [-0.1, -0.05) is 4.52 Å². The van der Waals surface area contributed by atoms with Gasteiger partial charge in [-0.2, -0.15) is 4.98 Å². The van der Waals surface area contributed by atoms with E-state index in [4.69, 9.17) is 19.9 Å². The van der Waals surface area contributed by atoms with Crippen LogP contribution < -0.4 is 11.3 Å². The summed E-state index contributed by atoms with van der Waals surface area (Å²) in [5.74, 6) is -0.0199. The van der Waals surface area contributed by atoms with Crippen LogP contribution in [0.1, 0.15) is 19.1 Å². The number of hydrogen-bond acceptors (Lipinski definition) is 7. The minimum atomic E-state index is -2.72. The van der Waals surface area contributed by atoms with E-state index in [-0.39, 0.29) is 11.5 Å². The molecule has 3 atom stereocenters. The number of fused-ring (bicyclic) bond motifs is 1. The number of rotatable bonds is 3. The van der Waals surface area contributed by atoms with Crippen molar-refractivity contribution in [2.45, 2.75) is 25.4 Å². The molecule has 3 heterocycles. The van der Waals surface area contributed by atoms with Crippen LogP contribution in [0.4, 0.5) is 5.95 Å². The summed E-state index contributed by atoms with van der Waals surface area (Å²) in [7, 11) is -2.72. The third kappa shape index (κ3) is 2.29. The van der Waals surface area contributed by atoms with Crippen molar-refractivity contribution >= 4 is 25.4 Å². The van der Waals surface area contributed by atoms with Crippen molar-refractivity contribution in [1.29, 1.82) is 0 Å². The quantitative estimate of drug-likeness (QED) is 0.671. The summed E-state index contributed by atoms with van der Waals surface area (Å²) in [5, 5.41) is 0. The van der Waals surface area contributed by atoms with Crippen LogP contribution in [0.2, 0.25) is 0 Å². The molecule has 0 bridgehead atoms. The van der Waals surface area contributed by atoms with E-state index in [1.165, 1.54) is 6.33 Å². The molecular formula is C9H11N5O5P+. The Morgan fingerprint density at radius 1 is 1.60 bits per heavy atom. The number of nitrogens with zero attached hydrogens (tertiary/aromatic N) is 3. The van der Waals surface area contributed by atoms with Gasteiger partial charge in [-0.15, -0.1) is 4.89 Å². The van der Waals surface area contributed by atoms with Crippen molar-refractivity contribution in [3.63, 3.8) is 0 Å². The first-order valence-corrected chi connectivity index (χ1v) is 6.88. The van der Waals surface area contributed by atoms with Gasteiger partial charge in [0.2, 0.25) is 12.2 Å². The summed E-state index contributed by atoms with van der Waals surface area (Å²) in [6.45, 7) is 0. The van der Waals surface area contributed by atoms with Crippen LogP contribution in [0.5, 0.6) is 0 Å². The molecule has 0 aromatic carbocycles.